The number of aromatic nitrogens is 1. The normalized spacial score (nSPS) is 14.6. The summed E-state index contributed by atoms with van der Waals surface area (Å²) < 4.78 is 15.3. The predicted molar refractivity (Wildman–Crippen MR) is 87.0 cm³/mol. The molecule has 0 amide bonds. The van der Waals surface area contributed by atoms with E-state index in [1.807, 2.05) is 6.20 Å². The Bertz CT molecular complexity index is 672. The third kappa shape index (κ3) is 3.32. The number of aromatic amines is 1. The van der Waals surface area contributed by atoms with Crippen LogP contribution in [0.25, 0.3) is 11.1 Å². The lowest BCUT2D eigenvalue weighted by Gasteiger charge is -2.29. The van der Waals surface area contributed by atoms with E-state index >= 15 is 0 Å². The number of hydrogen-bond donors (Lipinski definition) is 1. The molecular formula is C17H20N2O4. The number of anilines is 1. The van der Waals surface area contributed by atoms with Crippen LogP contribution in [0.15, 0.2) is 30.5 Å². The number of carbonyl (C=O) groups excluding carboxylic acids is 1. The molecule has 0 unspecified atom stereocenters. The minimum Gasteiger partial charge on any atom is -0.437 e. The Morgan fingerprint density at radius 3 is 2.57 bits per heavy atom. The minimum absolute atomic E-state index is 0.398. The number of nitrogens with one attached hydrogen (secondary N) is 1. The summed E-state index contributed by atoms with van der Waals surface area (Å²) in [7, 11) is 1.29. The highest BCUT2D eigenvalue weighted by molar-refractivity contribution is 5.84. The van der Waals surface area contributed by atoms with E-state index in [1.54, 1.807) is 0 Å². The van der Waals surface area contributed by atoms with Crippen LogP contribution in [0.3, 0.4) is 0 Å². The average Bonchev–Trinajstić information content (AvgIpc) is 2.99. The predicted octanol–water partition coefficient (Wildman–Crippen LogP) is 2.97. The quantitative estimate of drug-likeness (QED) is 0.882. The molecule has 3 rings (SSSR count). The summed E-state index contributed by atoms with van der Waals surface area (Å²) >= 11 is 0. The van der Waals surface area contributed by atoms with E-state index in [2.05, 4.69) is 45.8 Å². The molecule has 6 nitrogen and oxygen atoms in total. The fourth-order valence-corrected chi connectivity index (χ4v) is 2.65. The number of ether oxygens (including phenoxy) is 3. The van der Waals surface area contributed by atoms with E-state index in [4.69, 9.17) is 9.47 Å². The zero-order valence-electron chi connectivity index (χ0n) is 13.3. The molecule has 6 heteroatoms. The van der Waals surface area contributed by atoms with Gasteiger partial charge in [-0.2, -0.15) is 0 Å². The maximum absolute atomic E-state index is 11.5. The first kappa shape index (κ1) is 15.4. The molecule has 1 N–H and O–H groups in total. The molecular weight excluding hydrogens is 296 g/mol. The van der Waals surface area contributed by atoms with Gasteiger partial charge in [0.2, 0.25) is 5.88 Å². The molecule has 0 radical (unpaired) electrons. The molecule has 1 aromatic heterocycles. The zero-order valence-corrected chi connectivity index (χ0v) is 13.3. The topological polar surface area (TPSA) is 63.8 Å². The second-order valence-corrected chi connectivity index (χ2v) is 5.40. The van der Waals surface area contributed by atoms with Crippen LogP contribution in [0, 0.1) is 6.92 Å². The minimum atomic E-state index is -0.739. The van der Waals surface area contributed by atoms with Crippen LogP contribution in [-0.4, -0.2) is 44.6 Å². The standard InChI is InChI=1S/C17H20N2O4/c1-12-3-5-13(6-4-12)14-11-18-16(23-17(20)21-2)15(14)19-7-9-22-10-8-19/h3-6,11,18H,7-10H2,1-2H3. The fourth-order valence-electron chi connectivity index (χ4n) is 2.65. The van der Waals surface area contributed by atoms with Gasteiger partial charge in [0.25, 0.3) is 0 Å². The number of morpholine rings is 1. The van der Waals surface area contributed by atoms with Crippen molar-refractivity contribution in [3.05, 3.63) is 36.0 Å². The van der Waals surface area contributed by atoms with Crippen molar-refractivity contribution in [2.45, 2.75) is 6.92 Å². The third-order valence-corrected chi connectivity index (χ3v) is 3.86. The number of methoxy groups -OCH3 is 1. The number of benzene rings is 1. The molecule has 1 aliphatic heterocycles. The van der Waals surface area contributed by atoms with E-state index in [9.17, 15) is 4.79 Å². The highest BCUT2D eigenvalue weighted by Gasteiger charge is 2.24. The van der Waals surface area contributed by atoms with Crippen molar-refractivity contribution in [1.29, 1.82) is 0 Å². The Balaban J connectivity index is 2.00. The van der Waals surface area contributed by atoms with Gasteiger partial charge in [-0.3, -0.25) is 0 Å². The van der Waals surface area contributed by atoms with Gasteiger partial charge in [0.05, 0.1) is 20.3 Å². The molecule has 0 spiro atoms. The first-order chi connectivity index (χ1) is 11.2. The number of nitrogens with zero attached hydrogens (tertiary/aromatic N) is 1. The van der Waals surface area contributed by atoms with Crippen LogP contribution in [0.2, 0.25) is 0 Å². The van der Waals surface area contributed by atoms with E-state index in [0.29, 0.717) is 19.1 Å². The first-order valence-electron chi connectivity index (χ1n) is 7.56. The second kappa shape index (κ2) is 6.75. The zero-order chi connectivity index (χ0) is 16.2. The van der Waals surface area contributed by atoms with E-state index in [-0.39, 0.29) is 0 Å². The summed E-state index contributed by atoms with van der Waals surface area (Å²) in [5.41, 5.74) is 4.12. The van der Waals surface area contributed by atoms with Crippen LogP contribution < -0.4 is 9.64 Å². The number of carbonyl (C=O) groups is 1. The van der Waals surface area contributed by atoms with Gasteiger partial charge >= 0.3 is 6.16 Å². The van der Waals surface area contributed by atoms with Crippen molar-refractivity contribution in [1.82, 2.24) is 4.98 Å². The van der Waals surface area contributed by atoms with E-state index in [0.717, 1.165) is 29.9 Å². The lowest BCUT2D eigenvalue weighted by molar-refractivity contribution is 0.117. The first-order valence-corrected chi connectivity index (χ1v) is 7.56. The van der Waals surface area contributed by atoms with Gasteiger partial charge in [0.15, 0.2) is 0 Å². The maximum atomic E-state index is 11.5. The fraction of sp³-hybridized carbons (Fsp3) is 0.353. The van der Waals surface area contributed by atoms with Gasteiger partial charge in [0, 0.05) is 24.8 Å². The van der Waals surface area contributed by atoms with Crippen LogP contribution >= 0.6 is 0 Å². The van der Waals surface area contributed by atoms with Gasteiger partial charge < -0.3 is 24.1 Å². The van der Waals surface area contributed by atoms with Crippen molar-refractivity contribution in [2.24, 2.45) is 0 Å². The largest absolute Gasteiger partial charge is 0.514 e. The van der Waals surface area contributed by atoms with Crippen molar-refractivity contribution in [2.75, 3.05) is 38.3 Å². The number of aryl methyl sites for hydroxylation is 1. The van der Waals surface area contributed by atoms with Crippen LogP contribution in [0.1, 0.15) is 5.56 Å². The summed E-state index contributed by atoms with van der Waals surface area (Å²) in [5, 5.41) is 0. The average molecular weight is 316 g/mol. The van der Waals surface area contributed by atoms with Gasteiger partial charge in [0.1, 0.15) is 5.69 Å². The SMILES string of the molecule is COC(=O)Oc1[nH]cc(-c2ccc(C)cc2)c1N1CCOCC1. The lowest BCUT2D eigenvalue weighted by Crippen LogP contribution is -2.36. The van der Waals surface area contributed by atoms with Gasteiger partial charge in [-0.1, -0.05) is 29.8 Å². The molecule has 0 saturated carbocycles. The van der Waals surface area contributed by atoms with E-state index < -0.39 is 6.16 Å². The Labute approximate surface area is 135 Å². The summed E-state index contributed by atoms with van der Waals surface area (Å²) in [5.74, 6) is 0.398. The molecule has 122 valence electrons. The highest BCUT2D eigenvalue weighted by Crippen LogP contribution is 2.39. The lowest BCUT2D eigenvalue weighted by atomic mass is 10.1. The summed E-state index contributed by atoms with van der Waals surface area (Å²) in [6.07, 6.45) is 1.12. The Morgan fingerprint density at radius 2 is 1.91 bits per heavy atom. The van der Waals surface area contributed by atoms with Crippen molar-refractivity contribution in [3.63, 3.8) is 0 Å². The molecule has 23 heavy (non-hydrogen) atoms. The molecule has 1 saturated heterocycles. The number of H-pyrrole nitrogens is 1. The smallest absolute Gasteiger partial charge is 0.437 e. The third-order valence-electron chi connectivity index (χ3n) is 3.86. The number of rotatable bonds is 3. The van der Waals surface area contributed by atoms with E-state index in [1.165, 1.54) is 12.7 Å². The highest BCUT2D eigenvalue weighted by atomic mass is 16.7. The van der Waals surface area contributed by atoms with Crippen LogP contribution in [0.4, 0.5) is 10.5 Å². The molecule has 0 aliphatic carbocycles. The Morgan fingerprint density at radius 1 is 1.22 bits per heavy atom. The molecule has 0 bridgehead atoms. The number of hydrogen-bond acceptors (Lipinski definition) is 5. The maximum Gasteiger partial charge on any atom is 0.514 e. The molecule has 0 atom stereocenters. The van der Waals surface area contributed by atoms with Crippen LogP contribution in [0.5, 0.6) is 5.88 Å². The van der Waals surface area contributed by atoms with Crippen molar-refractivity contribution in [3.8, 4) is 17.0 Å². The summed E-state index contributed by atoms with van der Waals surface area (Å²) in [6.45, 7) is 4.84. The van der Waals surface area contributed by atoms with Crippen molar-refractivity contribution < 1.29 is 19.0 Å². The van der Waals surface area contributed by atoms with Gasteiger partial charge in [-0.15, -0.1) is 0 Å². The molecule has 1 aliphatic rings. The van der Waals surface area contributed by atoms with Crippen LogP contribution in [-0.2, 0) is 9.47 Å². The second-order valence-electron chi connectivity index (χ2n) is 5.40. The molecule has 2 heterocycles. The molecule has 2 aromatic rings. The summed E-state index contributed by atoms with van der Waals surface area (Å²) in [6, 6.07) is 8.24. The van der Waals surface area contributed by atoms with Gasteiger partial charge in [-0.25, -0.2) is 4.79 Å². The van der Waals surface area contributed by atoms with Gasteiger partial charge in [-0.05, 0) is 12.5 Å². The summed E-state index contributed by atoms with van der Waals surface area (Å²) in [4.78, 5) is 16.7. The Hall–Kier alpha value is -2.47. The monoisotopic (exact) mass is 316 g/mol. The Kier molecular flexibility index (Phi) is 4.52. The molecule has 1 aromatic carbocycles. The molecule has 1 fully saturated rings. The van der Waals surface area contributed by atoms with Crippen molar-refractivity contribution >= 4 is 11.8 Å².